The summed E-state index contributed by atoms with van der Waals surface area (Å²) in [5.41, 5.74) is 1.51. The highest BCUT2D eigenvalue weighted by atomic mass is 16.5. The van der Waals surface area contributed by atoms with Crippen LogP contribution < -0.4 is 5.32 Å². The van der Waals surface area contributed by atoms with Crippen molar-refractivity contribution in [2.75, 3.05) is 32.8 Å². The summed E-state index contributed by atoms with van der Waals surface area (Å²) < 4.78 is 7.66. The number of ether oxygens (including phenoxy) is 1. The maximum Gasteiger partial charge on any atom is 0.234 e. The molecule has 1 N–H and O–H groups in total. The molecule has 1 aromatic rings. The van der Waals surface area contributed by atoms with Crippen LogP contribution in [0.4, 0.5) is 0 Å². The van der Waals surface area contributed by atoms with E-state index < -0.39 is 0 Å². The topological polar surface area (TPSA) is 59.4 Å². The van der Waals surface area contributed by atoms with E-state index in [0.717, 1.165) is 32.6 Å². The Balaban J connectivity index is 1.35. The van der Waals surface area contributed by atoms with E-state index in [2.05, 4.69) is 21.4 Å². The Bertz CT molecular complexity index is 541. The van der Waals surface area contributed by atoms with Gasteiger partial charge >= 0.3 is 0 Å². The van der Waals surface area contributed by atoms with Gasteiger partial charge in [0, 0.05) is 32.0 Å². The quantitative estimate of drug-likeness (QED) is 0.771. The van der Waals surface area contributed by atoms with Gasteiger partial charge in [-0.15, -0.1) is 0 Å². The summed E-state index contributed by atoms with van der Waals surface area (Å²) in [5, 5.41) is 7.27. The molecule has 132 valence electrons. The third-order valence-corrected chi connectivity index (χ3v) is 4.69. The number of hydrogen-bond acceptors (Lipinski definition) is 4. The van der Waals surface area contributed by atoms with Crippen molar-refractivity contribution >= 4 is 5.91 Å². The van der Waals surface area contributed by atoms with Crippen LogP contribution in [0.1, 0.15) is 32.1 Å². The van der Waals surface area contributed by atoms with Crippen LogP contribution in [0.15, 0.2) is 30.1 Å². The summed E-state index contributed by atoms with van der Waals surface area (Å²) in [5.74, 6) is 0.117. The van der Waals surface area contributed by atoms with Crippen molar-refractivity contribution in [2.24, 2.45) is 0 Å². The summed E-state index contributed by atoms with van der Waals surface area (Å²) >= 11 is 0. The van der Waals surface area contributed by atoms with Crippen LogP contribution in [0.5, 0.6) is 0 Å². The fourth-order valence-corrected chi connectivity index (χ4v) is 3.40. The molecular formula is C18H28N4O2. The summed E-state index contributed by atoms with van der Waals surface area (Å²) in [4.78, 5) is 14.3. The third-order valence-electron chi connectivity index (χ3n) is 4.69. The molecule has 24 heavy (non-hydrogen) atoms. The molecule has 1 amide bonds. The van der Waals surface area contributed by atoms with Gasteiger partial charge in [-0.05, 0) is 38.2 Å². The molecule has 1 fully saturated rings. The van der Waals surface area contributed by atoms with Crippen LogP contribution in [0.3, 0.4) is 0 Å². The molecule has 6 nitrogen and oxygen atoms in total. The fourth-order valence-electron chi connectivity index (χ4n) is 3.40. The number of carbonyl (C=O) groups is 1. The van der Waals surface area contributed by atoms with Gasteiger partial charge in [-0.25, -0.2) is 0 Å². The van der Waals surface area contributed by atoms with Gasteiger partial charge in [-0.1, -0.05) is 11.6 Å². The second-order valence-electron chi connectivity index (χ2n) is 6.66. The second-order valence-corrected chi connectivity index (χ2v) is 6.66. The van der Waals surface area contributed by atoms with Gasteiger partial charge < -0.3 is 10.1 Å². The first-order chi connectivity index (χ1) is 11.8. The van der Waals surface area contributed by atoms with Gasteiger partial charge in [0.1, 0.15) is 0 Å². The van der Waals surface area contributed by atoms with Crippen molar-refractivity contribution < 1.29 is 9.53 Å². The molecule has 0 aromatic carbocycles. The van der Waals surface area contributed by atoms with Crippen molar-refractivity contribution in [3.8, 4) is 0 Å². The number of hydrogen-bond donors (Lipinski definition) is 1. The molecule has 2 heterocycles. The lowest BCUT2D eigenvalue weighted by Crippen LogP contribution is -2.48. The van der Waals surface area contributed by atoms with E-state index in [0.29, 0.717) is 13.2 Å². The van der Waals surface area contributed by atoms with Crippen LogP contribution in [0.2, 0.25) is 0 Å². The Morgan fingerprint density at radius 1 is 1.42 bits per heavy atom. The lowest BCUT2D eigenvalue weighted by atomic mass is 9.97. The Labute approximate surface area is 143 Å². The van der Waals surface area contributed by atoms with Crippen LogP contribution in [-0.2, 0) is 16.1 Å². The van der Waals surface area contributed by atoms with Crippen molar-refractivity contribution in [1.29, 1.82) is 0 Å². The molecule has 1 aliphatic carbocycles. The lowest BCUT2D eigenvalue weighted by Gasteiger charge is -2.32. The minimum absolute atomic E-state index is 0.0962. The number of allylic oxidation sites excluding steroid dienone is 1. The average molecular weight is 332 g/mol. The van der Waals surface area contributed by atoms with Crippen LogP contribution in [0, 0.1) is 0 Å². The molecule has 1 unspecified atom stereocenters. The van der Waals surface area contributed by atoms with E-state index in [1.165, 1.54) is 31.3 Å². The van der Waals surface area contributed by atoms with E-state index in [1.54, 1.807) is 6.20 Å². The van der Waals surface area contributed by atoms with E-state index >= 15 is 0 Å². The van der Waals surface area contributed by atoms with Crippen molar-refractivity contribution in [2.45, 2.75) is 44.8 Å². The van der Waals surface area contributed by atoms with E-state index in [4.69, 9.17) is 4.74 Å². The average Bonchev–Trinajstić information content (AvgIpc) is 3.09. The zero-order valence-electron chi connectivity index (χ0n) is 14.3. The van der Waals surface area contributed by atoms with Gasteiger partial charge in [0.25, 0.3) is 0 Å². The highest BCUT2D eigenvalue weighted by Gasteiger charge is 2.22. The molecule has 1 aromatic heterocycles. The van der Waals surface area contributed by atoms with Gasteiger partial charge in [0.05, 0.1) is 25.8 Å². The first-order valence-corrected chi connectivity index (χ1v) is 9.05. The maximum atomic E-state index is 12.1. The predicted octanol–water partition coefficient (Wildman–Crippen LogP) is 1.59. The molecule has 1 saturated heterocycles. The molecule has 2 aliphatic rings. The molecule has 3 rings (SSSR count). The summed E-state index contributed by atoms with van der Waals surface area (Å²) in [7, 11) is 0. The highest BCUT2D eigenvalue weighted by Crippen LogP contribution is 2.19. The first-order valence-electron chi connectivity index (χ1n) is 9.05. The molecule has 0 spiro atoms. The van der Waals surface area contributed by atoms with Crippen molar-refractivity contribution in [1.82, 2.24) is 20.0 Å². The summed E-state index contributed by atoms with van der Waals surface area (Å²) in [6.45, 7) is 4.21. The van der Waals surface area contributed by atoms with E-state index in [1.807, 2.05) is 16.9 Å². The smallest absolute Gasteiger partial charge is 0.234 e. The number of nitrogens with one attached hydrogen (secondary N) is 1. The highest BCUT2D eigenvalue weighted by molar-refractivity contribution is 5.78. The number of carbonyl (C=O) groups excluding carboxylic acids is 1. The molecule has 0 saturated carbocycles. The molecule has 0 radical (unpaired) electrons. The Hall–Kier alpha value is -1.66. The number of morpholine rings is 1. The Kier molecular flexibility index (Phi) is 6.43. The number of aromatic nitrogens is 2. The van der Waals surface area contributed by atoms with E-state index in [9.17, 15) is 4.79 Å². The van der Waals surface area contributed by atoms with Gasteiger partial charge in [-0.2, -0.15) is 5.10 Å². The monoisotopic (exact) mass is 332 g/mol. The zero-order valence-corrected chi connectivity index (χ0v) is 14.3. The predicted molar refractivity (Wildman–Crippen MR) is 92.6 cm³/mol. The SMILES string of the molecule is O=C(CN1CCOC(Cn2cccn2)C1)NCCC1=CCCCC1. The minimum atomic E-state index is 0.0962. The summed E-state index contributed by atoms with van der Waals surface area (Å²) in [6.07, 6.45) is 12.2. The first kappa shape index (κ1) is 17.2. The lowest BCUT2D eigenvalue weighted by molar-refractivity contribution is -0.124. The molecule has 1 atom stereocenters. The molecular weight excluding hydrogens is 304 g/mol. The maximum absolute atomic E-state index is 12.1. The number of nitrogens with zero attached hydrogens (tertiary/aromatic N) is 3. The normalized spacial score (nSPS) is 22.2. The minimum Gasteiger partial charge on any atom is -0.374 e. The van der Waals surface area contributed by atoms with E-state index in [-0.39, 0.29) is 12.0 Å². The molecule has 6 heteroatoms. The Morgan fingerprint density at radius 2 is 2.38 bits per heavy atom. The second kappa shape index (κ2) is 8.99. The van der Waals surface area contributed by atoms with Crippen LogP contribution in [-0.4, -0.2) is 59.5 Å². The number of rotatable bonds is 7. The van der Waals surface area contributed by atoms with Crippen molar-refractivity contribution in [3.05, 3.63) is 30.1 Å². The fraction of sp³-hybridized carbons (Fsp3) is 0.667. The van der Waals surface area contributed by atoms with Gasteiger partial charge in [-0.3, -0.25) is 14.4 Å². The van der Waals surface area contributed by atoms with Gasteiger partial charge in [0.15, 0.2) is 0 Å². The summed E-state index contributed by atoms with van der Waals surface area (Å²) in [6, 6.07) is 1.91. The largest absolute Gasteiger partial charge is 0.374 e. The molecule has 0 bridgehead atoms. The molecule has 1 aliphatic heterocycles. The number of amides is 1. The van der Waals surface area contributed by atoms with Crippen LogP contribution >= 0.6 is 0 Å². The van der Waals surface area contributed by atoms with Gasteiger partial charge in [0.2, 0.25) is 5.91 Å². The van der Waals surface area contributed by atoms with Crippen molar-refractivity contribution in [3.63, 3.8) is 0 Å². The third kappa shape index (κ3) is 5.46. The zero-order chi connectivity index (χ0) is 16.6. The van der Waals surface area contributed by atoms with Crippen LogP contribution in [0.25, 0.3) is 0 Å². The Morgan fingerprint density at radius 3 is 3.17 bits per heavy atom. The standard InChI is InChI=1S/C18H28N4O2/c23-18(19-9-7-16-5-2-1-3-6-16)15-21-11-12-24-17(13-21)14-22-10-4-8-20-22/h4-5,8,10,17H,1-3,6-7,9,11-15H2,(H,19,23).